The van der Waals surface area contributed by atoms with E-state index in [4.69, 9.17) is 10.5 Å². The van der Waals surface area contributed by atoms with Gasteiger partial charge >= 0.3 is 0 Å². The Hall–Kier alpha value is -4.62. The number of aryl methyl sites for hydroxylation is 1. The highest BCUT2D eigenvalue weighted by atomic mass is 32.2. The second-order valence-electron chi connectivity index (χ2n) is 9.38. The topological polar surface area (TPSA) is 320 Å². The quantitative estimate of drug-likeness (QED) is 0.116. The van der Waals surface area contributed by atoms with Crippen LogP contribution >= 0.6 is 0 Å². The third-order valence-electron chi connectivity index (χ3n) is 6.23. The van der Waals surface area contributed by atoms with Crippen molar-refractivity contribution in [3.05, 3.63) is 54.1 Å². The predicted molar refractivity (Wildman–Crippen MR) is 160 cm³/mol. The van der Waals surface area contributed by atoms with Crippen LogP contribution in [-0.4, -0.2) is 64.1 Å². The van der Waals surface area contributed by atoms with E-state index in [-0.39, 0.29) is 28.1 Å². The van der Waals surface area contributed by atoms with E-state index in [2.05, 4.69) is 20.5 Å². The van der Waals surface area contributed by atoms with E-state index < -0.39 is 88.3 Å². The normalized spacial score (nSPS) is 13.1. The van der Waals surface area contributed by atoms with Crippen LogP contribution in [-0.2, 0) is 40.5 Å². The molecule has 0 amide bonds. The van der Waals surface area contributed by atoms with E-state index in [1.165, 1.54) is 26.2 Å². The smallest absolute Gasteiger partial charge is 0.296 e. The van der Waals surface area contributed by atoms with Crippen LogP contribution in [0.25, 0.3) is 10.8 Å². The molecule has 0 unspecified atom stereocenters. The van der Waals surface area contributed by atoms with Gasteiger partial charge in [0.05, 0.1) is 33.7 Å². The van der Waals surface area contributed by atoms with Crippen LogP contribution in [0.2, 0.25) is 0 Å². The summed E-state index contributed by atoms with van der Waals surface area (Å²) in [6, 6.07) is 6.64. The summed E-state index contributed by atoms with van der Waals surface area (Å²) in [6.07, 6.45) is 0. The van der Waals surface area contributed by atoms with Crippen molar-refractivity contribution in [3.8, 4) is 11.5 Å². The van der Waals surface area contributed by atoms with Crippen molar-refractivity contribution < 1.29 is 61.7 Å². The molecule has 47 heavy (non-hydrogen) atoms. The van der Waals surface area contributed by atoms with E-state index in [1.807, 2.05) is 0 Å². The number of phenols is 1. The highest BCUT2D eigenvalue weighted by Gasteiger charge is 2.25. The average Bonchev–Trinajstić information content (AvgIpc) is 2.93. The Kier molecular flexibility index (Phi) is 9.14. The molecule has 19 nitrogen and oxygen atoms in total. The zero-order valence-electron chi connectivity index (χ0n) is 23.5. The van der Waals surface area contributed by atoms with Gasteiger partial charge in [-0.25, -0.2) is 0 Å². The lowest BCUT2D eigenvalue weighted by atomic mass is 10.1. The first kappa shape index (κ1) is 35.2. The number of aromatic hydroxyl groups is 1. The molecule has 0 aliphatic carbocycles. The summed E-state index contributed by atoms with van der Waals surface area (Å²) in [4.78, 5) is -3.41. The largest absolute Gasteiger partial charge is 0.505 e. The van der Waals surface area contributed by atoms with Crippen LogP contribution in [0, 0.1) is 6.92 Å². The first-order valence-corrected chi connectivity index (χ1v) is 17.9. The predicted octanol–water partition coefficient (Wildman–Crippen LogP) is 4.59. The molecule has 0 aliphatic rings. The van der Waals surface area contributed by atoms with E-state index in [9.17, 15) is 57.0 Å². The molecule has 4 aromatic rings. The number of azo groups is 2. The van der Waals surface area contributed by atoms with Gasteiger partial charge in [-0.3, -0.25) is 18.2 Å². The van der Waals surface area contributed by atoms with Crippen LogP contribution in [0.5, 0.6) is 11.5 Å². The van der Waals surface area contributed by atoms with E-state index in [0.29, 0.717) is 30.3 Å². The van der Waals surface area contributed by atoms with Gasteiger partial charge in [0.15, 0.2) is 5.75 Å². The summed E-state index contributed by atoms with van der Waals surface area (Å²) in [5.74, 6) is -1.11. The molecule has 0 bridgehead atoms. The Balaban J connectivity index is 1.85. The van der Waals surface area contributed by atoms with Gasteiger partial charge in [0.2, 0.25) is 0 Å². The minimum Gasteiger partial charge on any atom is -0.505 e. The lowest BCUT2D eigenvalue weighted by Gasteiger charge is -2.12. The molecule has 0 aromatic heterocycles. The SMILES string of the molecule is COc1cc(N=Nc2cc(S(=O)(=O)O)ccc2S(=O)(=O)O)c(C)cc1N=Nc1c(S(=O)(=O)O)cc2cc(S(=O)(=O)O)cc([NH])c2c1O. The highest BCUT2D eigenvalue weighted by molar-refractivity contribution is 7.86. The van der Waals surface area contributed by atoms with Crippen LogP contribution in [0.3, 0.4) is 0 Å². The second kappa shape index (κ2) is 12.2. The Bertz CT molecular complexity index is 2480. The number of methoxy groups -OCH3 is 1. The lowest BCUT2D eigenvalue weighted by molar-refractivity contribution is 0.416. The molecule has 6 N–H and O–H groups in total. The third-order valence-corrected chi connectivity index (χ3v) is 9.68. The molecule has 4 aromatic carbocycles. The number of ether oxygens (including phenoxy) is 1. The minimum absolute atomic E-state index is 0.0278. The molecular formula is C24H20N5O14S4. The van der Waals surface area contributed by atoms with Gasteiger partial charge in [-0.1, -0.05) is 0 Å². The van der Waals surface area contributed by atoms with E-state index >= 15 is 0 Å². The molecule has 0 atom stereocenters. The van der Waals surface area contributed by atoms with Crippen molar-refractivity contribution in [2.45, 2.75) is 26.5 Å². The van der Waals surface area contributed by atoms with Gasteiger partial charge in [-0.05, 0) is 60.3 Å². The summed E-state index contributed by atoms with van der Waals surface area (Å²) < 4.78 is 137. The van der Waals surface area contributed by atoms with E-state index in [1.54, 1.807) is 0 Å². The Morgan fingerprint density at radius 1 is 0.638 bits per heavy atom. The highest BCUT2D eigenvalue weighted by Crippen LogP contribution is 2.45. The number of fused-ring (bicyclic) bond motifs is 1. The van der Waals surface area contributed by atoms with Crippen molar-refractivity contribution >= 4 is 79.7 Å². The van der Waals surface area contributed by atoms with Crippen molar-refractivity contribution in [2.24, 2.45) is 20.5 Å². The molecule has 0 saturated carbocycles. The number of nitrogens with one attached hydrogen (secondary N) is 1. The zero-order valence-corrected chi connectivity index (χ0v) is 26.7. The maximum atomic E-state index is 12.2. The van der Waals surface area contributed by atoms with Crippen molar-refractivity contribution in [1.82, 2.24) is 5.73 Å². The van der Waals surface area contributed by atoms with Crippen molar-refractivity contribution in [3.63, 3.8) is 0 Å². The van der Waals surface area contributed by atoms with Gasteiger partial charge < -0.3 is 15.6 Å². The summed E-state index contributed by atoms with van der Waals surface area (Å²) in [5, 5.41) is 25.2. The van der Waals surface area contributed by atoms with Crippen LogP contribution in [0.15, 0.2) is 88.6 Å². The van der Waals surface area contributed by atoms with Gasteiger partial charge in [-0.15, -0.1) is 15.3 Å². The fourth-order valence-electron chi connectivity index (χ4n) is 4.08. The standard InChI is InChI=1S/C24H20N5O14S4/c1-11-5-17(19(43-2)10-16(11)26-28-18-9-13(44(31,32)33)3-4-20(18)46(37,38)39)27-29-23-21(47(40,41)42)7-12-6-14(45(34,35)36)8-15(25)22(12)24(23)30/h3-10,25,30H,1-2H3,(H,31,32,33)(H,34,35,36)(H,37,38,39)(H,40,41,42). The summed E-state index contributed by atoms with van der Waals surface area (Å²) in [6.45, 7) is 1.45. The summed E-state index contributed by atoms with van der Waals surface area (Å²) in [7, 11) is -18.6. The third kappa shape index (κ3) is 7.52. The van der Waals surface area contributed by atoms with Crippen molar-refractivity contribution in [2.75, 3.05) is 7.11 Å². The molecule has 0 saturated heterocycles. The molecule has 23 heteroatoms. The molecule has 0 aliphatic heterocycles. The molecule has 0 heterocycles. The first-order valence-electron chi connectivity index (χ1n) is 12.1. The fraction of sp³-hybridized carbons (Fsp3) is 0.0833. The summed E-state index contributed by atoms with van der Waals surface area (Å²) >= 11 is 0. The van der Waals surface area contributed by atoms with Crippen LogP contribution in [0.4, 0.5) is 28.4 Å². The lowest BCUT2D eigenvalue weighted by Crippen LogP contribution is -2.02. The monoisotopic (exact) mass is 730 g/mol. The second-order valence-corrected chi connectivity index (χ2v) is 15.0. The Morgan fingerprint density at radius 3 is 1.77 bits per heavy atom. The Morgan fingerprint density at radius 2 is 1.21 bits per heavy atom. The zero-order chi connectivity index (χ0) is 35.3. The maximum Gasteiger partial charge on any atom is 0.296 e. The number of hydrogen-bond acceptors (Lipinski definition) is 14. The molecule has 0 spiro atoms. The van der Waals surface area contributed by atoms with Gasteiger partial charge in [0, 0.05) is 6.07 Å². The fourth-order valence-corrected chi connectivity index (χ4v) is 6.38. The van der Waals surface area contributed by atoms with Crippen LogP contribution in [0.1, 0.15) is 5.56 Å². The molecule has 1 radical (unpaired) electrons. The summed E-state index contributed by atoms with van der Waals surface area (Å²) in [5.41, 5.74) is 6.00. The average molecular weight is 731 g/mol. The number of phenolic OH excluding ortho intramolecular Hbond substituents is 1. The maximum absolute atomic E-state index is 12.2. The van der Waals surface area contributed by atoms with Crippen LogP contribution < -0.4 is 10.5 Å². The molecule has 4 rings (SSSR count). The number of benzene rings is 4. The number of rotatable bonds is 9. The van der Waals surface area contributed by atoms with E-state index in [0.717, 1.165) is 6.07 Å². The van der Waals surface area contributed by atoms with Gasteiger partial charge in [0.1, 0.15) is 32.6 Å². The number of hydrogen-bond donors (Lipinski definition) is 5. The molecular weight excluding hydrogens is 711 g/mol. The van der Waals surface area contributed by atoms with Crippen molar-refractivity contribution in [1.29, 1.82) is 0 Å². The van der Waals surface area contributed by atoms with Gasteiger partial charge in [-0.2, -0.15) is 38.8 Å². The Labute approximate surface area is 266 Å². The minimum atomic E-state index is -5.16. The molecule has 0 fully saturated rings. The molecule has 249 valence electrons. The first-order chi connectivity index (χ1) is 21.5. The van der Waals surface area contributed by atoms with Gasteiger partial charge in [0.25, 0.3) is 40.5 Å². The number of nitrogens with zero attached hydrogens (tertiary/aromatic N) is 4.